The first-order valence-electron chi connectivity index (χ1n) is 7.64. The summed E-state index contributed by atoms with van der Waals surface area (Å²) < 4.78 is 15.6. The fourth-order valence-corrected chi connectivity index (χ4v) is 2.29. The van der Waals surface area contributed by atoms with Crippen molar-refractivity contribution in [2.24, 2.45) is 0 Å². The van der Waals surface area contributed by atoms with Crippen molar-refractivity contribution >= 4 is 23.4 Å². The van der Waals surface area contributed by atoms with Crippen molar-refractivity contribution in [1.29, 1.82) is 0 Å². The number of benzene rings is 2. The highest BCUT2D eigenvalue weighted by atomic mass is 16.5. The molecule has 26 heavy (non-hydrogen) atoms. The largest absolute Gasteiger partial charge is 0.456 e. The van der Waals surface area contributed by atoms with Gasteiger partial charge in [0, 0.05) is 17.2 Å². The van der Waals surface area contributed by atoms with E-state index < -0.39 is 5.97 Å². The molecule has 1 aromatic heterocycles. The van der Waals surface area contributed by atoms with Crippen molar-refractivity contribution < 1.29 is 23.5 Å². The Morgan fingerprint density at radius 1 is 1.08 bits per heavy atom. The smallest absolute Gasteiger partial charge is 0.338 e. The maximum absolute atomic E-state index is 12.4. The van der Waals surface area contributed by atoms with Crippen LogP contribution in [0.2, 0.25) is 0 Å². The molecule has 0 spiro atoms. The first-order valence-corrected chi connectivity index (χ1v) is 7.64. The topological polar surface area (TPSA) is 82.8 Å². The summed E-state index contributed by atoms with van der Waals surface area (Å²) in [5, 5.41) is 0.293. The molecular weight excluding hydrogens is 336 g/mol. The normalized spacial score (nSPS) is 10.3. The molecule has 3 rings (SSSR count). The highest BCUT2D eigenvalue weighted by molar-refractivity contribution is 5.89. The zero-order valence-corrected chi connectivity index (χ0v) is 13.9. The highest BCUT2D eigenvalue weighted by Crippen LogP contribution is 2.26. The van der Waals surface area contributed by atoms with Crippen LogP contribution in [-0.4, -0.2) is 12.4 Å². The molecule has 0 unspecified atom stereocenters. The monoisotopic (exact) mass is 350 g/mol. The van der Waals surface area contributed by atoms with Gasteiger partial charge in [-0.15, -0.1) is 0 Å². The predicted molar refractivity (Wildman–Crippen MR) is 95.1 cm³/mol. The summed E-state index contributed by atoms with van der Waals surface area (Å²) in [5.74, 6) is 0.423. The second kappa shape index (κ2) is 7.06. The Morgan fingerprint density at radius 3 is 2.42 bits per heavy atom. The second-order valence-corrected chi connectivity index (χ2v) is 5.54. The van der Waals surface area contributed by atoms with Gasteiger partial charge in [0.25, 0.3) is 6.47 Å². The van der Waals surface area contributed by atoms with Gasteiger partial charge in [-0.3, -0.25) is 9.59 Å². The van der Waals surface area contributed by atoms with Crippen LogP contribution in [0.4, 0.5) is 0 Å². The molecule has 0 amide bonds. The van der Waals surface area contributed by atoms with Gasteiger partial charge in [-0.2, -0.15) is 0 Å². The molecule has 0 aliphatic heterocycles. The van der Waals surface area contributed by atoms with Crippen molar-refractivity contribution in [3.8, 4) is 22.8 Å². The van der Waals surface area contributed by atoms with Crippen LogP contribution >= 0.6 is 0 Å². The van der Waals surface area contributed by atoms with E-state index in [1.165, 1.54) is 25.1 Å². The summed E-state index contributed by atoms with van der Waals surface area (Å²) in [6.07, 6.45) is 0. The molecule has 0 N–H and O–H groups in total. The lowest BCUT2D eigenvalue weighted by Crippen LogP contribution is -2.08. The van der Waals surface area contributed by atoms with Crippen LogP contribution in [0.15, 0.2) is 69.9 Å². The van der Waals surface area contributed by atoms with Crippen molar-refractivity contribution in [2.75, 3.05) is 0 Å². The number of ether oxygens (including phenoxy) is 2. The second-order valence-electron chi connectivity index (χ2n) is 5.54. The fraction of sp³-hybridized carbons (Fsp3) is 0.0500. The lowest BCUT2D eigenvalue weighted by molar-refractivity contribution is -0.130. The van der Waals surface area contributed by atoms with Crippen LogP contribution in [0.5, 0.6) is 11.5 Å². The first-order chi connectivity index (χ1) is 12.5. The number of carbonyl (C=O) groups excluding carboxylic acids is 2. The SMILES string of the molecule is C=C(C)C(=O)Oc1ccc2oc(-c3ccc(OC=O)cc3)cc(=O)c2c1. The zero-order chi connectivity index (χ0) is 18.7. The summed E-state index contributed by atoms with van der Waals surface area (Å²) in [5.41, 5.74) is 0.994. The highest BCUT2D eigenvalue weighted by Gasteiger charge is 2.11. The molecule has 2 aromatic carbocycles. The Kier molecular flexibility index (Phi) is 4.66. The molecule has 3 aromatic rings. The molecule has 0 bridgehead atoms. The molecule has 0 saturated carbocycles. The van der Waals surface area contributed by atoms with Gasteiger partial charge in [-0.25, -0.2) is 4.79 Å². The van der Waals surface area contributed by atoms with Crippen LogP contribution in [0.1, 0.15) is 6.92 Å². The van der Waals surface area contributed by atoms with Gasteiger partial charge in [0.2, 0.25) is 0 Å². The average Bonchev–Trinajstić information content (AvgIpc) is 2.63. The Labute approximate surface area is 148 Å². The number of hydrogen-bond acceptors (Lipinski definition) is 6. The minimum atomic E-state index is -0.567. The Balaban J connectivity index is 1.98. The van der Waals surface area contributed by atoms with Gasteiger partial charge in [0.05, 0.1) is 5.39 Å². The van der Waals surface area contributed by atoms with Gasteiger partial charge in [0.15, 0.2) is 5.43 Å². The summed E-state index contributed by atoms with van der Waals surface area (Å²) in [7, 11) is 0. The van der Waals surface area contributed by atoms with Crippen LogP contribution in [-0.2, 0) is 9.59 Å². The van der Waals surface area contributed by atoms with Crippen molar-refractivity contribution in [3.05, 3.63) is 70.9 Å². The Morgan fingerprint density at radius 2 is 1.77 bits per heavy atom. The third kappa shape index (κ3) is 3.54. The van der Waals surface area contributed by atoms with Gasteiger partial charge in [-0.05, 0) is 49.4 Å². The van der Waals surface area contributed by atoms with Crippen LogP contribution in [0, 0.1) is 0 Å². The number of fused-ring (bicyclic) bond motifs is 1. The molecule has 0 atom stereocenters. The molecule has 130 valence electrons. The number of hydrogen-bond donors (Lipinski definition) is 0. The molecule has 0 radical (unpaired) electrons. The molecule has 0 saturated heterocycles. The van der Waals surface area contributed by atoms with Gasteiger partial charge in [-0.1, -0.05) is 6.58 Å². The zero-order valence-electron chi connectivity index (χ0n) is 13.9. The molecule has 0 aliphatic rings. The van der Waals surface area contributed by atoms with E-state index in [0.29, 0.717) is 34.5 Å². The third-order valence-electron chi connectivity index (χ3n) is 3.58. The summed E-state index contributed by atoms with van der Waals surface area (Å²) in [6.45, 7) is 5.38. The van der Waals surface area contributed by atoms with E-state index in [1.54, 1.807) is 30.3 Å². The summed E-state index contributed by atoms with van der Waals surface area (Å²) in [6, 6.07) is 12.4. The van der Waals surface area contributed by atoms with Gasteiger partial charge >= 0.3 is 5.97 Å². The van der Waals surface area contributed by atoms with Crippen molar-refractivity contribution in [2.45, 2.75) is 6.92 Å². The standard InChI is InChI=1S/C20H14O6/c1-12(2)20(23)25-15-7-8-18-16(9-15)17(22)10-19(26-18)13-3-5-14(6-4-13)24-11-21/h3-11H,1H2,2H3. The van der Waals surface area contributed by atoms with E-state index in [0.717, 1.165) is 0 Å². The molecular formula is C20H14O6. The number of carbonyl (C=O) groups is 2. The van der Waals surface area contributed by atoms with E-state index >= 15 is 0 Å². The molecule has 1 heterocycles. The summed E-state index contributed by atoms with van der Waals surface area (Å²) in [4.78, 5) is 34.3. The lowest BCUT2D eigenvalue weighted by Gasteiger charge is -2.07. The quantitative estimate of drug-likeness (QED) is 0.303. The Bertz CT molecular complexity index is 1060. The minimum Gasteiger partial charge on any atom is -0.456 e. The van der Waals surface area contributed by atoms with E-state index in [1.807, 2.05) is 0 Å². The van der Waals surface area contributed by atoms with Crippen LogP contribution < -0.4 is 14.9 Å². The maximum atomic E-state index is 12.4. The van der Waals surface area contributed by atoms with E-state index in [9.17, 15) is 14.4 Å². The molecule has 6 nitrogen and oxygen atoms in total. The number of esters is 1. The van der Waals surface area contributed by atoms with Crippen molar-refractivity contribution in [3.63, 3.8) is 0 Å². The average molecular weight is 350 g/mol. The predicted octanol–water partition coefficient (Wildman–Crippen LogP) is 3.48. The fourth-order valence-electron chi connectivity index (χ4n) is 2.29. The van der Waals surface area contributed by atoms with E-state index in [2.05, 4.69) is 6.58 Å². The van der Waals surface area contributed by atoms with Gasteiger partial charge in [0.1, 0.15) is 22.8 Å². The lowest BCUT2D eigenvalue weighted by atomic mass is 10.1. The summed E-state index contributed by atoms with van der Waals surface area (Å²) >= 11 is 0. The van der Waals surface area contributed by atoms with Gasteiger partial charge < -0.3 is 13.9 Å². The molecule has 6 heteroatoms. The third-order valence-corrected chi connectivity index (χ3v) is 3.58. The Hall–Kier alpha value is -3.67. The first kappa shape index (κ1) is 17.2. The van der Waals surface area contributed by atoms with Crippen LogP contribution in [0.3, 0.4) is 0 Å². The van der Waals surface area contributed by atoms with E-state index in [-0.39, 0.29) is 16.8 Å². The maximum Gasteiger partial charge on any atom is 0.338 e. The molecule has 0 aliphatic carbocycles. The minimum absolute atomic E-state index is 0.237. The molecule has 0 fully saturated rings. The van der Waals surface area contributed by atoms with E-state index in [4.69, 9.17) is 13.9 Å². The van der Waals surface area contributed by atoms with Crippen molar-refractivity contribution in [1.82, 2.24) is 0 Å². The number of rotatable bonds is 5. The van der Waals surface area contributed by atoms with Crippen LogP contribution in [0.25, 0.3) is 22.3 Å².